The molecule has 1 N–H and O–H groups in total. The van der Waals surface area contributed by atoms with Crippen molar-refractivity contribution in [1.82, 2.24) is 0 Å². The molecule has 0 radical (unpaired) electrons. The van der Waals surface area contributed by atoms with Gasteiger partial charge in [0.2, 0.25) is 0 Å². The summed E-state index contributed by atoms with van der Waals surface area (Å²) < 4.78 is 36.8. The van der Waals surface area contributed by atoms with Gasteiger partial charge in [-0.1, -0.05) is 11.6 Å². The van der Waals surface area contributed by atoms with Gasteiger partial charge in [-0.2, -0.15) is 13.2 Å². The van der Waals surface area contributed by atoms with Crippen LogP contribution in [0.5, 0.6) is 0 Å². The molecule has 1 aliphatic carbocycles. The zero-order valence-electron chi connectivity index (χ0n) is 8.14. The molecule has 0 saturated heterocycles. The fourth-order valence-electron chi connectivity index (χ4n) is 1.82. The highest BCUT2D eigenvalue weighted by atomic mass is 19.4. The van der Waals surface area contributed by atoms with Crippen LogP contribution in [0, 0.1) is 5.92 Å². The molecule has 0 bridgehead atoms. The fourth-order valence-corrected chi connectivity index (χ4v) is 1.82. The molecule has 0 aromatic carbocycles. The minimum absolute atomic E-state index is 0.169. The third-order valence-corrected chi connectivity index (χ3v) is 2.57. The number of aliphatic hydroxyl groups is 1. The molecule has 1 atom stereocenters. The molecule has 0 spiro atoms. The van der Waals surface area contributed by atoms with E-state index in [9.17, 15) is 13.2 Å². The van der Waals surface area contributed by atoms with Crippen LogP contribution in [0.25, 0.3) is 0 Å². The van der Waals surface area contributed by atoms with Crippen molar-refractivity contribution in [1.29, 1.82) is 0 Å². The molecule has 1 saturated carbocycles. The van der Waals surface area contributed by atoms with Crippen molar-refractivity contribution in [3.63, 3.8) is 0 Å². The van der Waals surface area contributed by atoms with E-state index in [4.69, 9.17) is 5.11 Å². The summed E-state index contributed by atoms with van der Waals surface area (Å²) >= 11 is 0. The molecular weight excluding hydrogens is 193 g/mol. The largest absolute Gasteiger partial charge is 0.391 e. The fraction of sp³-hybridized carbons (Fsp3) is 0.800. The minimum Gasteiger partial charge on any atom is -0.389 e. The van der Waals surface area contributed by atoms with Crippen LogP contribution in [0.1, 0.15) is 32.6 Å². The zero-order chi connectivity index (χ0) is 10.8. The lowest BCUT2D eigenvalue weighted by atomic mass is 9.85. The summed E-state index contributed by atoms with van der Waals surface area (Å²) in [7, 11) is 0. The van der Waals surface area contributed by atoms with Crippen LogP contribution in [0.4, 0.5) is 13.2 Å². The molecule has 0 aromatic heterocycles. The number of halogens is 3. The Balaban J connectivity index is 2.47. The third-order valence-electron chi connectivity index (χ3n) is 2.57. The van der Waals surface area contributed by atoms with Gasteiger partial charge in [0.25, 0.3) is 0 Å². The van der Waals surface area contributed by atoms with E-state index in [-0.39, 0.29) is 12.8 Å². The monoisotopic (exact) mass is 208 g/mol. The van der Waals surface area contributed by atoms with Crippen LogP contribution in [-0.2, 0) is 0 Å². The number of allylic oxidation sites excluding steroid dienone is 1. The lowest BCUT2D eigenvalue weighted by Gasteiger charge is -2.26. The Hall–Kier alpha value is -0.510. The molecule has 82 valence electrons. The highest BCUT2D eigenvalue weighted by molar-refractivity contribution is 5.07. The first-order valence-electron chi connectivity index (χ1n) is 4.84. The van der Waals surface area contributed by atoms with E-state index < -0.39 is 18.2 Å². The van der Waals surface area contributed by atoms with Gasteiger partial charge in [-0.25, -0.2) is 0 Å². The Morgan fingerprint density at radius 1 is 1.36 bits per heavy atom. The van der Waals surface area contributed by atoms with E-state index in [1.54, 1.807) is 13.0 Å². The second-order valence-electron chi connectivity index (χ2n) is 3.88. The minimum atomic E-state index is -4.05. The van der Waals surface area contributed by atoms with Gasteiger partial charge in [0.1, 0.15) is 0 Å². The Kier molecular flexibility index (Phi) is 3.59. The topological polar surface area (TPSA) is 20.2 Å². The van der Waals surface area contributed by atoms with Gasteiger partial charge in [-0.15, -0.1) is 0 Å². The predicted octanol–water partition coefficient (Wildman–Crippen LogP) is 3.05. The lowest BCUT2D eigenvalue weighted by molar-refractivity contribution is -0.179. The average Bonchev–Trinajstić information content (AvgIpc) is 2.02. The van der Waals surface area contributed by atoms with Gasteiger partial charge >= 0.3 is 6.18 Å². The number of aliphatic hydroxyl groups excluding tert-OH is 1. The summed E-state index contributed by atoms with van der Waals surface area (Å²) in [6.45, 7) is 1.61. The molecular formula is C10H15F3O. The Bertz CT molecular complexity index is 208. The van der Waals surface area contributed by atoms with Crippen molar-refractivity contribution >= 4 is 0 Å². The molecule has 1 aliphatic rings. The number of alkyl halides is 3. The number of rotatable bonds is 1. The van der Waals surface area contributed by atoms with Gasteiger partial charge in [-0.3, -0.25) is 0 Å². The Morgan fingerprint density at radius 3 is 2.21 bits per heavy atom. The quantitative estimate of drug-likeness (QED) is 0.656. The molecule has 14 heavy (non-hydrogen) atoms. The summed E-state index contributed by atoms with van der Waals surface area (Å²) in [6.07, 6.45) is -1.66. The molecule has 1 fully saturated rings. The highest BCUT2D eigenvalue weighted by Gasteiger charge is 2.40. The molecule has 1 rings (SSSR count). The van der Waals surface area contributed by atoms with Crippen molar-refractivity contribution in [3.8, 4) is 0 Å². The van der Waals surface area contributed by atoms with Gasteiger partial charge in [0.05, 0.1) is 12.0 Å². The van der Waals surface area contributed by atoms with Crippen molar-refractivity contribution in [2.24, 2.45) is 5.92 Å². The average molecular weight is 208 g/mol. The molecule has 0 aliphatic heterocycles. The van der Waals surface area contributed by atoms with Crippen LogP contribution in [0.15, 0.2) is 11.6 Å². The first-order chi connectivity index (χ1) is 6.39. The van der Waals surface area contributed by atoms with E-state index >= 15 is 0 Å². The second kappa shape index (κ2) is 4.34. The molecule has 0 heterocycles. The third kappa shape index (κ3) is 3.33. The normalized spacial score (nSPS) is 26.1. The van der Waals surface area contributed by atoms with Crippen LogP contribution in [0.3, 0.4) is 0 Å². The Labute approximate surface area is 81.6 Å². The lowest BCUT2D eigenvalue weighted by Crippen LogP contribution is -2.25. The van der Waals surface area contributed by atoms with Gasteiger partial charge in [0.15, 0.2) is 0 Å². The standard InChI is InChI=1S/C10H15F3O/c1-7(14)6-8-2-4-9(5-3-8)10(11,12)13/h6-7,9,14H,2-5H2,1H3. The van der Waals surface area contributed by atoms with Crippen LogP contribution in [0.2, 0.25) is 0 Å². The maximum atomic E-state index is 12.3. The maximum Gasteiger partial charge on any atom is 0.391 e. The van der Waals surface area contributed by atoms with Crippen molar-refractivity contribution in [2.75, 3.05) is 0 Å². The molecule has 1 unspecified atom stereocenters. The van der Waals surface area contributed by atoms with Gasteiger partial charge in [0, 0.05) is 0 Å². The molecule has 4 heteroatoms. The van der Waals surface area contributed by atoms with Crippen LogP contribution in [-0.4, -0.2) is 17.4 Å². The predicted molar refractivity (Wildman–Crippen MR) is 47.8 cm³/mol. The number of hydrogen-bond acceptors (Lipinski definition) is 1. The SMILES string of the molecule is CC(O)C=C1CCC(C(F)(F)F)CC1. The van der Waals surface area contributed by atoms with Gasteiger partial charge < -0.3 is 5.11 Å². The highest BCUT2D eigenvalue weighted by Crippen LogP contribution is 2.39. The maximum absolute atomic E-state index is 12.3. The summed E-state index contributed by atoms with van der Waals surface area (Å²) in [6, 6.07) is 0. The first kappa shape index (κ1) is 11.6. The van der Waals surface area contributed by atoms with E-state index in [1.165, 1.54) is 0 Å². The van der Waals surface area contributed by atoms with Crippen molar-refractivity contribution in [3.05, 3.63) is 11.6 Å². The second-order valence-corrected chi connectivity index (χ2v) is 3.88. The van der Waals surface area contributed by atoms with Gasteiger partial charge in [-0.05, 0) is 32.6 Å². The number of hydrogen-bond donors (Lipinski definition) is 1. The molecule has 0 aromatic rings. The van der Waals surface area contributed by atoms with Crippen LogP contribution >= 0.6 is 0 Å². The summed E-state index contributed by atoms with van der Waals surface area (Å²) in [5.41, 5.74) is 0.959. The summed E-state index contributed by atoms with van der Waals surface area (Å²) in [5.74, 6) is -1.14. The van der Waals surface area contributed by atoms with E-state index in [2.05, 4.69) is 0 Å². The van der Waals surface area contributed by atoms with Crippen molar-refractivity contribution < 1.29 is 18.3 Å². The summed E-state index contributed by atoms with van der Waals surface area (Å²) in [5, 5.41) is 9.03. The summed E-state index contributed by atoms with van der Waals surface area (Å²) in [4.78, 5) is 0. The van der Waals surface area contributed by atoms with E-state index in [1.807, 2.05) is 0 Å². The first-order valence-corrected chi connectivity index (χ1v) is 4.84. The molecule has 0 amide bonds. The van der Waals surface area contributed by atoms with Crippen molar-refractivity contribution in [2.45, 2.75) is 44.9 Å². The van der Waals surface area contributed by atoms with E-state index in [0.29, 0.717) is 12.8 Å². The van der Waals surface area contributed by atoms with E-state index in [0.717, 1.165) is 5.57 Å². The molecule has 1 nitrogen and oxygen atoms in total. The smallest absolute Gasteiger partial charge is 0.389 e. The Morgan fingerprint density at radius 2 is 1.86 bits per heavy atom. The zero-order valence-corrected chi connectivity index (χ0v) is 8.14. The van der Waals surface area contributed by atoms with Crippen LogP contribution < -0.4 is 0 Å².